The number of rotatable bonds is 5. The Morgan fingerprint density at radius 3 is 2.68 bits per heavy atom. The Kier molecular flexibility index (Phi) is 5.68. The standard InChI is InChI=1S/C16H30N2O/c1-3-5-12-18(4-2)16(19)15-11-10-13-8-6-7-9-14(13)17-15/h13-15,17H,3-12H2,1-2H3. The van der Waals surface area contributed by atoms with Crippen LogP contribution in [0, 0.1) is 5.92 Å². The lowest BCUT2D eigenvalue weighted by Gasteiger charge is -2.41. The molecule has 1 heterocycles. The summed E-state index contributed by atoms with van der Waals surface area (Å²) in [5.41, 5.74) is 0. The van der Waals surface area contributed by atoms with E-state index in [2.05, 4.69) is 19.2 Å². The van der Waals surface area contributed by atoms with Crippen LogP contribution in [0.25, 0.3) is 0 Å². The van der Waals surface area contributed by atoms with E-state index in [4.69, 9.17) is 0 Å². The maximum atomic E-state index is 12.6. The molecule has 0 aromatic carbocycles. The van der Waals surface area contributed by atoms with Crippen molar-refractivity contribution in [3.8, 4) is 0 Å². The molecular formula is C16H30N2O. The van der Waals surface area contributed by atoms with Gasteiger partial charge in [-0.05, 0) is 44.9 Å². The molecule has 2 rings (SSSR count). The predicted molar refractivity (Wildman–Crippen MR) is 79.1 cm³/mol. The minimum atomic E-state index is 0.0937. The van der Waals surface area contributed by atoms with Gasteiger partial charge >= 0.3 is 0 Å². The molecule has 0 spiro atoms. The van der Waals surface area contributed by atoms with Gasteiger partial charge in [0.25, 0.3) is 0 Å². The molecule has 2 aliphatic rings. The first-order valence-corrected chi connectivity index (χ1v) is 8.31. The van der Waals surface area contributed by atoms with E-state index >= 15 is 0 Å². The number of carbonyl (C=O) groups is 1. The summed E-state index contributed by atoms with van der Waals surface area (Å²) in [4.78, 5) is 14.6. The van der Waals surface area contributed by atoms with Crippen LogP contribution in [0.15, 0.2) is 0 Å². The topological polar surface area (TPSA) is 32.3 Å². The van der Waals surface area contributed by atoms with Crippen molar-refractivity contribution in [2.75, 3.05) is 13.1 Å². The van der Waals surface area contributed by atoms with E-state index in [-0.39, 0.29) is 6.04 Å². The number of piperidine rings is 1. The molecule has 3 heteroatoms. The van der Waals surface area contributed by atoms with E-state index in [0.29, 0.717) is 11.9 Å². The summed E-state index contributed by atoms with van der Waals surface area (Å²) in [6, 6.07) is 0.706. The van der Waals surface area contributed by atoms with Crippen LogP contribution in [0.4, 0.5) is 0 Å². The Balaban J connectivity index is 1.88. The first-order chi connectivity index (χ1) is 9.26. The molecule has 3 atom stereocenters. The molecule has 1 saturated heterocycles. The van der Waals surface area contributed by atoms with Crippen molar-refractivity contribution < 1.29 is 4.79 Å². The molecule has 1 aliphatic heterocycles. The molecule has 3 unspecified atom stereocenters. The van der Waals surface area contributed by atoms with E-state index in [0.717, 1.165) is 38.3 Å². The number of likely N-dealkylation sites (N-methyl/N-ethyl adjacent to an activating group) is 1. The highest BCUT2D eigenvalue weighted by Crippen LogP contribution is 2.32. The highest BCUT2D eigenvalue weighted by molar-refractivity contribution is 5.82. The van der Waals surface area contributed by atoms with Crippen molar-refractivity contribution in [1.29, 1.82) is 0 Å². The number of nitrogens with one attached hydrogen (secondary N) is 1. The van der Waals surface area contributed by atoms with Crippen LogP contribution < -0.4 is 5.32 Å². The SMILES string of the molecule is CCCCN(CC)C(=O)C1CCC2CCCCC2N1. The van der Waals surface area contributed by atoms with Crippen LogP contribution in [0.2, 0.25) is 0 Å². The van der Waals surface area contributed by atoms with Crippen molar-refractivity contribution in [3.05, 3.63) is 0 Å². The average Bonchev–Trinajstić information content (AvgIpc) is 2.47. The molecule has 2 fully saturated rings. The zero-order chi connectivity index (χ0) is 13.7. The van der Waals surface area contributed by atoms with Gasteiger partial charge in [0.05, 0.1) is 6.04 Å². The second kappa shape index (κ2) is 7.28. The fourth-order valence-corrected chi connectivity index (χ4v) is 3.68. The van der Waals surface area contributed by atoms with Crippen molar-refractivity contribution in [2.24, 2.45) is 5.92 Å². The van der Waals surface area contributed by atoms with Crippen molar-refractivity contribution >= 4 is 5.91 Å². The molecule has 110 valence electrons. The van der Waals surface area contributed by atoms with E-state index in [1.807, 2.05) is 4.90 Å². The fraction of sp³-hybridized carbons (Fsp3) is 0.938. The molecule has 1 N–H and O–H groups in total. The molecule has 0 bridgehead atoms. The van der Waals surface area contributed by atoms with Crippen molar-refractivity contribution in [2.45, 2.75) is 77.3 Å². The van der Waals surface area contributed by atoms with Crippen LogP contribution in [0.1, 0.15) is 65.2 Å². The molecule has 1 amide bonds. The fourth-order valence-electron chi connectivity index (χ4n) is 3.68. The number of carbonyl (C=O) groups excluding carboxylic acids is 1. The molecule has 0 radical (unpaired) electrons. The summed E-state index contributed by atoms with van der Waals surface area (Å²) in [5, 5.41) is 3.66. The molecule has 19 heavy (non-hydrogen) atoms. The molecule has 0 aromatic heterocycles. The van der Waals surface area contributed by atoms with Crippen LogP contribution in [-0.2, 0) is 4.79 Å². The Bertz CT molecular complexity index is 292. The quantitative estimate of drug-likeness (QED) is 0.830. The van der Waals surface area contributed by atoms with Gasteiger partial charge in [-0.15, -0.1) is 0 Å². The van der Waals surface area contributed by atoms with Crippen LogP contribution >= 0.6 is 0 Å². The van der Waals surface area contributed by atoms with Gasteiger partial charge in [-0.25, -0.2) is 0 Å². The van der Waals surface area contributed by atoms with Gasteiger partial charge in [-0.1, -0.05) is 26.2 Å². The summed E-state index contributed by atoms with van der Waals surface area (Å²) in [5.74, 6) is 1.18. The largest absolute Gasteiger partial charge is 0.342 e. The summed E-state index contributed by atoms with van der Waals surface area (Å²) in [7, 11) is 0. The van der Waals surface area contributed by atoms with Gasteiger partial charge < -0.3 is 10.2 Å². The van der Waals surface area contributed by atoms with E-state index in [9.17, 15) is 4.79 Å². The Labute approximate surface area is 118 Å². The summed E-state index contributed by atoms with van der Waals surface area (Å²) < 4.78 is 0. The summed E-state index contributed by atoms with van der Waals surface area (Å²) >= 11 is 0. The molecule has 3 nitrogen and oxygen atoms in total. The first-order valence-electron chi connectivity index (χ1n) is 8.31. The Morgan fingerprint density at radius 2 is 1.95 bits per heavy atom. The molecule has 0 aromatic rings. The molecule has 1 saturated carbocycles. The third-order valence-corrected chi connectivity index (χ3v) is 4.92. The predicted octanol–water partition coefficient (Wildman–Crippen LogP) is 2.95. The maximum Gasteiger partial charge on any atom is 0.239 e. The molecular weight excluding hydrogens is 236 g/mol. The minimum absolute atomic E-state index is 0.0937. The highest BCUT2D eigenvalue weighted by Gasteiger charge is 2.35. The van der Waals surface area contributed by atoms with Crippen molar-refractivity contribution in [3.63, 3.8) is 0 Å². The number of amides is 1. The van der Waals surface area contributed by atoms with Crippen LogP contribution in [-0.4, -0.2) is 36.0 Å². The monoisotopic (exact) mass is 266 g/mol. The zero-order valence-corrected chi connectivity index (χ0v) is 12.7. The average molecular weight is 266 g/mol. The lowest BCUT2D eigenvalue weighted by molar-refractivity contribution is -0.134. The second-order valence-corrected chi connectivity index (χ2v) is 6.22. The van der Waals surface area contributed by atoms with Gasteiger partial charge in [-0.3, -0.25) is 4.79 Å². The van der Waals surface area contributed by atoms with Crippen LogP contribution in [0.5, 0.6) is 0 Å². The second-order valence-electron chi connectivity index (χ2n) is 6.22. The van der Waals surface area contributed by atoms with E-state index in [1.165, 1.54) is 32.1 Å². The summed E-state index contributed by atoms with van der Waals surface area (Å²) in [6.07, 6.45) is 9.94. The van der Waals surface area contributed by atoms with E-state index in [1.54, 1.807) is 0 Å². The number of unbranched alkanes of at least 4 members (excludes halogenated alkanes) is 1. The van der Waals surface area contributed by atoms with E-state index < -0.39 is 0 Å². The minimum Gasteiger partial charge on any atom is -0.342 e. The normalized spacial score (nSPS) is 30.7. The van der Waals surface area contributed by atoms with Crippen molar-refractivity contribution in [1.82, 2.24) is 10.2 Å². The lowest BCUT2D eigenvalue weighted by Crippen LogP contribution is -2.55. The van der Waals surface area contributed by atoms with Crippen LogP contribution in [0.3, 0.4) is 0 Å². The highest BCUT2D eigenvalue weighted by atomic mass is 16.2. The smallest absolute Gasteiger partial charge is 0.239 e. The number of hydrogen-bond donors (Lipinski definition) is 1. The maximum absolute atomic E-state index is 12.6. The third-order valence-electron chi connectivity index (χ3n) is 4.92. The molecule has 1 aliphatic carbocycles. The summed E-state index contributed by atoms with van der Waals surface area (Å²) in [6.45, 7) is 6.06. The first kappa shape index (κ1) is 14.8. The van der Waals surface area contributed by atoms with Gasteiger partial charge in [-0.2, -0.15) is 0 Å². The number of nitrogens with zero attached hydrogens (tertiary/aromatic N) is 1. The number of hydrogen-bond acceptors (Lipinski definition) is 2. The van der Waals surface area contributed by atoms with Gasteiger partial charge in [0.1, 0.15) is 0 Å². The third kappa shape index (κ3) is 3.71. The van der Waals surface area contributed by atoms with Gasteiger partial charge in [0, 0.05) is 19.1 Å². The Hall–Kier alpha value is -0.570. The van der Waals surface area contributed by atoms with Gasteiger partial charge in [0.15, 0.2) is 0 Å². The number of fused-ring (bicyclic) bond motifs is 1. The zero-order valence-electron chi connectivity index (χ0n) is 12.7. The Morgan fingerprint density at radius 1 is 1.16 bits per heavy atom. The lowest BCUT2D eigenvalue weighted by atomic mass is 9.77. The van der Waals surface area contributed by atoms with Gasteiger partial charge in [0.2, 0.25) is 5.91 Å².